The van der Waals surface area contributed by atoms with E-state index in [0.717, 1.165) is 5.56 Å². The van der Waals surface area contributed by atoms with E-state index in [1.54, 1.807) is 12.1 Å². The summed E-state index contributed by atoms with van der Waals surface area (Å²) in [7, 11) is 0. The molecule has 0 aliphatic rings. The molecular weight excluding hydrogens is 182 g/mol. The number of aromatic hydroxyl groups is 1. The Hall–Kier alpha value is -2.10. The van der Waals surface area contributed by atoms with E-state index in [-0.39, 0.29) is 11.5 Å². The van der Waals surface area contributed by atoms with E-state index in [9.17, 15) is 4.79 Å². The van der Waals surface area contributed by atoms with Crippen LogP contribution in [0.15, 0.2) is 35.0 Å². The Bertz CT molecular complexity index is 445. The van der Waals surface area contributed by atoms with Crippen LogP contribution in [-0.2, 0) is 0 Å². The van der Waals surface area contributed by atoms with Crippen molar-refractivity contribution in [1.82, 2.24) is 5.16 Å². The van der Waals surface area contributed by atoms with Crippen molar-refractivity contribution in [2.45, 2.75) is 0 Å². The fraction of sp³-hybridized carbons (Fsp3) is 0. The third-order valence-electron chi connectivity index (χ3n) is 1.88. The highest BCUT2D eigenvalue weighted by atomic mass is 16.5. The van der Waals surface area contributed by atoms with Crippen molar-refractivity contribution in [2.24, 2.45) is 0 Å². The number of nitrogens with zero attached hydrogens (tertiary/aromatic N) is 1. The monoisotopic (exact) mass is 189 g/mol. The molecule has 14 heavy (non-hydrogen) atoms. The first-order chi connectivity index (χ1) is 6.81. The van der Waals surface area contributed by atoms with Crippen molar-refractivity contribution in [3.05, 3.63) is 36.2 Å². The van der Waals surface area contributed by atoms with Crippen LogP contribution in [0, 0.1) is 0 Å². The first-order valence-corrected chi connectivity index (χ1v) is 4.00. The van der Waals surface area contributed by atoms with Gasteiger partial charge in [0.2, 0.25) is 5.76 Å². The summed E-state index contributed by atoms with van der Waals surface area (Å²) < 4.78 is 4.72. The van der Waals surface area contributed by atoms with Crippen LogP contribution in [0.1, 0.15) is 10.6 Å². The van der Waals surface area contributed by atoms with Crippen molar-refractivity contribution in [1.29, 1.82) is 0 Å². The number of rotatable bonds is 2. The number of carbonyl (C=O) groups is 1. The van der Waals surface area contributed by atoms with Gasteiger partial charge < -0.3 is 9.63 Å². The second-order valence-electron chi connectivity index (χ2n) is 2.77. The summed E-state index contributed by atoms with van der Waals surface area (Å²) in [5.41, 5.74) is 1.41. The van der Waals surface area contributed by atoms with Gasteiger partial charge in [-0.2, -0.15) is 0 Å². The lowest BCUT2D eigenvalue weighted by Crippen LogP contribution is -1.80. The number of hydrogen-bond donors (Lipinski definition) is 1. The Morgan fingerprint density at radius 3 is 2.64 bits per heavy atom. The summed E-state index contributed by atoms with van der Waals surface area (Å²) in [6.07, 6.45) is 2.07. The number of phenols is 1. The molecule has 0 fully saturated rings. The molecule has 2 rings (SSSR count). The number of phenolic OH excluding ortho intramolecular Hbond substituents is 1. The zero-order valence-electron chi connectivity index (χ0n) is 7.18. The molecule has 2 aromatic rings. The quantitative estimate of drug-likeness (QED) is 0.732. The molecule has 1 N–H and O–H groups in total. The third kappa shape index (κ3) is 1.37. The lowest BCUT2D eigenvalue weighted by Gasteiger charge is -1.96. The SMILES string of the molecule is O=Cc1oncc1-c1ccc(O)cc1. The molecule has 1 aromatic heterocycles. The molecule has 4 nitrogen and oxygen atoms in total. The number of aromatic nitrogens is 1. The maximum absolute atomic E-state index is 10.5. The zero-order valence-corrected chi connectivity index (χ0v) is 7.18. The minimum atomic E-state index is 0.179. The van der Waals surface area contributed by atoms with Crippen LogP contribution >= 0.6 is 0 Å². The molecule has 0 saturated heterocycles. The Morgan fingerprint density at radius 2 is 2.00 bits per heavy atom. The van der Waals surface area contributed by atoms with Crippen LogP contribution < -0.4 is 0 Å². The average molecular weight is 189 g/mol. The minimum Gasteiger partial charge on any atom is -0.508 e. The minimum absolute atomic E-state index is 0.179. The highest BCUT2D eigenvalue weighted by Crippen LogP contribution is 2.23. The lowest BCUT2D eigenvalue weighted by atomic mass is 10.1. The average Bonchev–Trinajstić information content (AvgIpc) is 2.67. The van der Waals surface area contributed by atoms with E-state index in [1.165, 1.54) is 18.3 Å². The van der Waals surface area contributed by atoms with Crippen LogP contribution in [0.3, 0.4) is 0 Å². The smallest absolute Gasteiger partial charge is 0.207 e. The molecule has 0 aliphatic carbocycles. The first-order valence-electron chi connectivity index (χ1n) is 4.00. The molecular formula is C10H7NO3. The van der Waals surface area contributed by atoms with Crippen molar-refractivity contribution in [3.63, 3.8) is 0 Å². The van der Waals surface area contributed by atoms with Crippen LogP contribution in [0.5, 0.6) is 5.75 Å². The van der Waals surface area contributed by atoms with Crippen molar-refractivity contribution >= 4 is 6.29 Å². The molecule has 0 radical (unpaired) electrons. The Kier molecular flexibility index (Phi) is 2.02. The highest BCUT2D eigenvalue weighted by Gasteiger charge is 2.08. The molecule has 1 heterocycles. The molecule has 0 spiro atoms. The second-order valence-corrected chi connectivity index (χ2v) is 2.77. The van der Waals surface area contributed by atoms with Gasteiger partial charge in [0.1, 0.15) is 5.75 Å². The molecule has 0 bridgehead atoms. The molecule has 0 saturated carbocycles. The standard InChI is InChI=1S/C10H7NO3/c12-6-10-9(5-11-14-10)7-1-3-8(13)4-2-7/h1-6,13H. The van der Waals surface area contributed by atoms with Gasteiger partial charge in [0.25, 0.3) is 0 Å². The van der Waals surface area contributed by atoms with Crippen LogP contribution in [0.2, 0.25) is 0 Å². The molecule has 1 aromatic carbocycles. The van der Waals surface area contributed by atoms with Gasteiger partial charge in [0.05, 0.1) is 11.8 Å². The number of benzene rings is 1. The number of hydrogen-bond acceptors (Lipinski definition) is 4. The molecule has 70 valence electrons. The fourth-order valence-electron chi connectivity index (χ4n) is 1.19. The van der Waals surface area contributed by atoms with Gasteiger partial charge in [0.15, 0.2) is 6.29 Å². The van der Waals surface area contributed by atoms with E-state index < -0.39 is 0 Å². The number of carbonyl (C=O) groups excluding carboxylic acids is 1. The topological polar surface area (TPSA) is 63.3 Å². The zero-order chi connectivity index (χ0) is 9.97. The Labute approximate surface area is 79.8 Å². The normalized spacial score (nSPS) is 10.0. The summed E-state index contributed by atoms with van der Waals surface area (Å²) in [5.74, 6) is 0.369. The van der Waals surface area contributed by atoms with E-state index in [4.69, 9.17) is 9.63 Å². The largest absolute Gasteiger partial charge is 0.508 e. The fourth-order valence-corrected chi connectivity index (χ4v) is 1.19. The number of aldehydes is 1. The Morgan fingerprint density at radius 1 is 1.29 bits per heavy atom. The van der Waals surface area contributed by atoms with Gasteiger partial charge >= 0.3 is 0 Å². The predicted molar refractivity (Wildman–Crippen MR) is 49.0 cm³/mol. The molecule has 0 atom stereocenters. The van der Waals surface area contributed by atoms with Gasteiger partial charge in [-0.05, 0) is 17.7 Å². The molecule has 4 heteroatoms. The second kappa shape index (κ2) is 3.33. The van der Waals surface area contributed by atoms with Crippen LogP contribution in [0.4, 0.5) is 0 Å². The summed E-state index contributed by atoms with van der Waals surface area (Å²) in [4.78, 5) is 10.5. The summed E-state index contributed by atoms with van der Waals surface area (Å²) >= 11 is 0. The molecule has 0 amide bonds. The maximum Gasteiger partial charge on any atom is 0.207 e. The Balaban J connectivity index is 2.49. The maximum atomic E-state index is 10.5. The summed E-state index contributed by atoms with van der Waals surface area (Å²) in [5, 5.41) is 12.6. The van der Waals surface area contributed by atoms with E-state index >= 15 is 0 Å². The van der Waals surface area contributed by atoms with Gasteiger partial charge in [-0.3, -0.25) is 4.79 Å². The van der Waals surface area contributed by atoms with Crippen LogP contribution in [0.25, 0.3) is 11.1 Å². The first kappa shape index (κ1) is 8.50. The van der Waals surface area contributed by atoms with Crippen molar-refractivity contribution in [2.75, 3.05) is 0 Å². The molecule has 0 aliphatic heterocycles. The van der Waals surface area contributed by atoms with Gasteiger partial charge in [-0.1, -0.05) is 17.3 Å². The van der Waals surface area contributed by atoms with Gasteiger partial charge in [-0.15, -0.1) is 0 Å². The van der Waals surface area contributed by atoms with Gasteiger partial charge in [-0.25, -0.2) is 0 Å². The van der Waals surface area contributed by atoms with E-state index in [0.29, 0.717) is 11.8 Å². The third-order valence-corrected chi connectivity index (χ3v) is 1.88. The summed E-state index contributed by atoms with van der Waals surface area (Å²) in [6.45, 7) is 0. The van der Waals surface area contributed by atoms with Gasteiger partial charge in [0, 0.05) is 0 Å². The van der Waals surface area contributed by atoms with Crippen LogP contribution in [-0.4, -0.2) is 16.5 Å². The van der Waals surface area contributed by atoms with E-state index in [2.05, 4.69) is 5.16 Å². The van der Waals surface area contributed by atoms with Crippen molar-refractivity contribution in [3.8, 4) is 16.9 Å². The van der Waals surface area contributed by atoms with Crippen molar-refractivity contribution < 1.29 is 14.4 Å². The highest BCUT2D eigenvalue weighted by molar-refractivity contribution is 5.83. The molecule has 0 unspecified atom stereocenters. The predicted octanol–water partition coefficient (Wildman–Crippen LogP) is 1.86. The van der Waals surface area contributed by atoms with E-state index in [1.807, 2.05) is 0 Å². The summed E-state index contributed by atoms with van der Waals surface area (Å²) in [6, 6.07) is 6.46. The lowest BCUT2D eigenvalue weighted by molar-refractivity contribution is 0.109.